The van der Waals surface area contributed by atoms with E-state index in [2.05, 4.69) is 0 Å². The number of hydrogen-bond acceptors (Lipinski definition) is 5. The molecule has 0 unspecified atom stereocenters. The maximum absolute atomic E-state index is 12.0. The highest BCUT2D eigenvalue weighted by molar-refractivity contribution is 5.90. The van der Waals surface area contributed by atoms with Crippen LogP contribution >= 0.6 is 0 Å². The molecule has 0 bridgehead atoms. The van der Waals surface area contributed by atoms with Gasteiger partial charge in [0.05, 0.1) is 17.6 Å². The minimum absolute atomic E-state index is 0.0341. The molecule has 0 radical (unpaired) electrons. The molecule has 0 aliphatic carbocycles. The van der Waals surface area contributed by atoms with Crippen LogP contribution in [0.3, 0.4) is 0 Å². The average Bonchev–Trinajstić information content (AvgIpc) is 2.52. The summed E-state index contributed by atoms with van der Waals surface area (Å²) in [5, 5.41) is 10.7. The first kappa shape index (κ1) is 15.5. The molecule has 0 fully saturated rings. The second-order valence-corrected chi connectivity index (χ2v) is 4.70. The molecule has 0 saturated carbocycles. The lowest BCUT2D eigenvalue weighted by atomic mass is 10.1. The Morgan fingerprint density at radius 2 is 2.00 bits per heavy atom. The van der Waals surface area contributed by atoms with E-state index in [4.69, 9.17) is 9.47 Å². The van der Waals surface area contributed by atoms with E-state index in [1.54, 1.807) is 6.07 Å². The van der Waals surface area contributed by atoms with Crippen molar-refractivity contribution < 1.29 is 19.2 Å². The number of esters is 1. The van der Waals surface area contributed by atoms with Gasteiger partial charge in [-0.3, -0.25) is 10.1 Å². The first-order valence-corrected chi connectivity index (χ1v) is 6.56. The summed E-state index contributed by atoms with van der Waals surface area (Å²) in [5.74, 6) is 0.00435. The number of rotatable bonds is 5. The van der Waals surface area contributed by atoms with E-state index in [0.29, 0.717) is 5.75 Å². The van der Waals surface area contributed by atoms with Crippen LogP contribution in [0.2, 0.25) is 0 Å². The van der Waals surface area contributed by atoms with Crippen LogP contribution < -0.4 is 4.74 Å². The van der Waals surface area contributed by atoms with E-state index in [1.807, 2.05) is 19.1 Å². The summed E-state index contributed by atoms with van der Waals surface area (Å²) in [6, 6.07) is 11.0. The van der Waals surface area contributed by atoms with Crippen molar-refractivity contribution in [2.45, 2.75) is 13.5 Å². The molecule has 6 heteroatoms. The number of carbonyl (C=O) groups excluding carboxylic acids is 1. The lowest BCUT2D eigenvalue weighted by molar-refractivity contribution is -0.384. The fourth-order valence-electron chi connectivity index (χ4n) is 1.99. The molecule has 0 aromatic heterocycles. The summed E-state index contributed by atoms with van der Waals surface area (Å²) < 4.78 is 10.4. The summed E-state index contributed by atoms with van der Waals surface area (Å²) in [4.78, 5) is 22.1. The lowest BCUT2D eigenvalue weighted by Gasteiger charge is -2.10. The van der Waals surface area contributed by atoms with Crippen LogP contribution in [0.15, 0.2) is 42.5 Å². The van der Waals surface area contributed by atoms with Crippen LogP contribution in [-0.2, 0) is 11.3 Å². The van der Waals surface area contributed by atoms with E-state index >= 15 is 0 Å². The van der Waals surface area contributed by atoms with Gasteiger partial charge in [0.15, 0.2) is 0 Å². The molecule has 0 amide bonds. The first-order valence-electron chi connectivity index (χ1n) is 6.56. The lowest BCUT2D eigenvalue weighted by Crippen LogP contribution is -2.06. The zero-order valence-electron chi connectivity index (χ0n) is 12.2. The van der Waals surface area contributed by atoms with Crippen molar-refractivity contribution in [3.8, 4) is 5.75 Å². The number of benzene rings is 2. The fourth-order valence-corrected chi connectivity index (χ4v) is 1.99. The van der Waals surface area contributed by atoms with Crippen LogP contribution in [0.4, 0.5) is 5.69 Å². The van der Waals surface area contributed by atoms with Crippen molar-refractivity contribution in [2.24, 2.45) is 0 Å². The predicted octanol–water partition coefficient (Wildman–Crippen LogP) is 3.27. The SMILES string of the molecule is COc1ccc(C)cc1COC(=O)c1cccc([N+](=O)[O-])c1. The molecule has 2 aromatic carbocycles. The number of nitrogens with zero attached hydrogens (tertiary/aromatic N) is 1. The summed E-state index contributed by atoms with van der Waals surface area (Å²) in [7, 11) is 1.54. The Hall–Kier alpha value is -2.89. The summed E-state index contributed by atoms with van der Waals surface area (Å²) in [6.07, 6.45) is 0. The number of carbonyl (C=O) groups is 1. The third-order valence-electron chi connectivity index (χ3n) is 3.09. The van der Waals surface area contributed by atoms with Crippen LogP contribution in [0.5, 0.6) is 5.75 Å². The summed E-state index contributed by atoms with van der Waals surface area (Å²) in [5.41, 5.74) is 1.74. The van der Waals surface area contributed by atoms with E-state index in [1.165, 1.54) is 31.4 Å². The molecule has 0 spiro atoms. The van der Waals surface area contributed by atoms with Gasteiger partial charge >= 0.3 is 5.97 Å². The Bertz CT molecular complexity index is 711. The van der Waals surface area contributed by atoms with Crippen LogP contribution in [-0.4, -0.2) is 18.0 Å². The van der Waals surface area contributed by atoms with Crippen molar-refractivity contribution in [1.29, 1.82) is 0 Å². The maximum atomic E-state index is 12.0. The molecule has 0 N–H and O–H groups in total. The minimum Gasteiger partial charge on any atom is -0.496 e. The molecule has 0 heterocycles. The summed E-state index contributed by atoms with van der Waals surface area (Å²) in [6.45, 7) is 1.96. The Kier molecular flexibility index (Phi) is 4.73. The molecule has 0 aliphatic rings. The van der Waals surface area contributed by atoms with Gasteiger partial charge in [-0.05, 0) is 25.1 Å². The number of aryl methyl sites for hydroxylation is 1. The van der Waals surface area contributed by atoms with Gasteiger partial charge in [0.25, 0.3) is 5.69 Å². The molecule has 114 valence electrons. The van der Waals surface area contributed by atoms with Crippen molar-refractivity contribution in [3.05, 3.63) is 69.3 Å². The van der Waals surface area contributed by atoms with Gasteiger partial charge in [0.1, 0.15) is 12.4 Å². The smallest absolute Gasteiger partial charge is 0.338 e. The number of ether oxygens (including phenoxy) is 2. The average molecular weight is 301 g/mol. The van der Waals surface area contributed by atoms with Crippen LogP contribution in [0.25, 0.3) is 0 Å². The molecular weight excluding hydrogens is 286 g/mol. The van der Waals surface area contributed by atoms with Crippen molar-refractivity contribution in [3.63, 3.8) is 0 Å². The third kappa shape index (κ3) is 3.60. The second-order valence-electron chi connectivity index (χ2n) is 4.70. The van der Waals surface area contributed by atoms with Gasteiger partial charge in [-0.25, -0.2) is 4.79 Å². The van der Waals surface area contributed by atoms with Gasteiger partial charge in [0, 0.05) is 17.7 Å². The van der Waals surface area contributed by atoms with Gasteiger partial charge < -0.3 is 9.47 Å². The molecule has 22 heavy (non-hydrogen) atoms. The zero-order chi connectivity index (χ0) is 16.1. The first-order chi connectivity index (χ1) is 10.5. The van der Waals surface area contributed by atoms with Crippen molar-refractivity contribution >= 4 is 11.7 Å². The number of methoxy groups -OCH3 is 1. The van der Waals surface area contributed by atoms with E-state index in [-0.39, 0.29) is 17.9 Å². The second kappa shape index (κ2) is 6.71. The highest BCUT2D eigenvalue weighted by atomic mass is 16.6. The van der Waals surface area contributed by atoms with Gasteiger partial charge in [-0.1, -0.05) is 17.7 Å². The van der Waals surface area contributed by atoms with E-state index < -0.39 is 10.9 Å². The minimum atomic E-state index is -0.618. The largest absolute Gasteiger partial charge is 0.496 e. The molecule has 6 nitrogen and oxygen atoms in total. The maximum Gasteiger partial charge on any atom is 0.338 e. The van der Waals surface area contributed by atoms with Gasteiger partial charge in [0.2, 0.25) is 0 Å². The molecule has 0 saturated heterocycles. The monoisotopic (exact) mass is 301 g/mol. The van der Waals surface area contributed by atoms with Crippen LogP contribution in [0, 0.1) is 17.0 Å². The topological polar surface area (TPSA) is 78.7 Å². The zero-order valence-corrected chi connectivity index (χ0v) is 12.2. The quantitative estimate of drug-likeness (QED) is 0.481. The van der Waals surface area contributed by atoms with Gasteiger partial charge in [-0.15, -0.1) is 0 Å². The number of nitro benzene ring substituents is 1. The molecule has 2 aromatic rings. The highest BCUT2D eigenvalue weighted by Crippen LogP contribution is 2.21. The fraction of sp³-hybridized carbons (Fsp3) is 0.188. The van der Waals surface area contributed by atoms with Crippen molar-refractivity contribution in [1.82, 2.24) is 0 Å². The number of non-ortho nitro benzene ring substituents is 1. The van der Waals surface area contributed by atoms with Crippen LogP contribution in [0.1, 0.15) is 21.5 Å². The Labute approximate surface area is 127 Å². The Balaban J connectivity index is 2.12. The highest BCUT2D eigenvalue weighted by Gasteiger charge is 2.13. The van der Waals surface area contributed by atoms with E-state index in [0.717, 1.165) is 11.1 Å². The predicted molar refractivity (Wildman–Crippen MR) is 79.9 cm³/mol. The molecule has 2 rings (SSSR count). The normalized spacial score (nSPS) is 10.1. The van der Waals surface area contributed by atoms with E-state index in [9.17, 15) is 14.9 Å². The third-order valence-corrected chi connectivity index (χ3v) is 3.09. The molecule has 0 atom stereocenters. The number of nitro groups is 1. The Morgan fingerprint density at radius 3 is 2.68 bits per heavy atom. The van der Waals surface area contributed by atoms with Gasteiger partial charge in [-0.2, -0.15) is 0 Å². The van der Waals surface area contributed by atoms with Crippen molar-refractivity contribution in [2.75, 3.05) is 7.11 Å². The molecular formula is C16H15NO5. The standard InChI is InChI=1S/C16H15NO5/c1-11-6-7-15(21-2)13(8-11)10-22-16(18)12-4-3-5-14(9-12)17(19)20/h3-9H,10H2,1-2H3. The summed E-state index contributed by atoms with van der Waals surface area (Å²) >= 11 is 0. The molecule has 0 aliphatic heterocycles. The number of hydrogen-bond donors (Lipinski definition) is 0. The Morgan fingerprint density at radius 1 is 1.23 bits per heavy atom.